The van der Waals surface area contributed by atoms with E-state index in [0.29, 0.717) is 33.3 Å². The first-order chi connectivity index (χ1) is 19.2. The number of rotatable bonds is 7. The van der Waals surface area contributed by atoms with E-state index in [9.17, 15) is 23.9 Å². The second-order valence-corrected chi connectivity index (χ2v) is 9.67. The molecule has 4 aromatic rings. The van der Waals surface area contributed by atoms with Gasteiger partial charge in [0.15, 0.2) is 0 Å². The normalized spacial score (nSPS) is 14.2. The molecule has 40 heavy (non-hydrogen) atoms. The Kier molecular flexibility index (Phi) is 7.52. The van der Waals surface area contributed by atoms with Crippen LogP contribution in [0.2, 0.25) is 0 Å². The minimum absolute atomic E-state index is 0.0332. The summed E-state index contributed by atoms with van der Waals surface area (Å²) in [5, 5.41) is 12.6. The maximum atomic E-state index is 13.4. The number of carboxylic acids is 1. The van der Waals surface area contributed by atoms with Crippen LogP contribution in [0.1, 0.15) is 63.6 Å². The molecule has 1 atom stereocenters. The zero-order valence-electron chi connectivity index (χ0n) is 21.7. The highest BCUT2D eigenvalue weighted by Gasteiger charge is 2.25. The van der Waals surface area contributed by atoms with Gasteiger partial charge in [0, 0.05) is 22.8 Å². The van der Waals surface area contributed by atoms with E-state index in [1.165, 1.54) is 48.1 Å². The largest absolute Gasteiger partial charge is 0.496 e. The lowest BCUT2D eigenvalue weighted by atomic mass is 9.96. The number of amides is 1. The van der Waals surface area contributed by atoms with Gasteiger partial charge in [-0.25, -0.2) is 18.8 Å². The zero-order valence-corrected chi connectivity index (χ0v) is 21.7. The summed E-state index contributed by atoms with van der Waals surface area (Å²) < 4.78 is 25.8. The highest BCUT2D eigenvalue weighted by molar-refractivity contribution is 6.02. The van der Waals surface area contributed by atoms with E-state index in [0.717, 1.165) is 25.7 Å². The van der Waals surface area contributed by atoms with Gasteiger partial charge in [-0.1, -0.05) is 6.07 Å². The molecule has 1 aromatic heterocycles. The lowest BCUT2D eigenvalue weighted by molar-refractivity contribution is 0.0317. The number of anilines is 1. The van der Waals surface area contributed by atoms with Crippen molar-refractivity contribution in [3.63, 3.8) is 0 Å². The number of carboxylic acid groups (broad SMARTS) is 1. The number of nitrogens with two attached hydrogens (primary N) is 1. The summed E-state index contributed by atoms with van der Waals surface area (Å²) in [4.78, 5) is 37.7. The number of hydrogen-bond donors (Lipinski definition) is 3. The summed E-state index contributed by atoms with van der Waals surface area (Å²) in [6.07, 6.45) is 5.14. The summed E-state index contributed by atoms with van der Waals surface area (Å²) >= 11 is 0. The van der Waals surface area contributed by atoms with Crippen LogP contribution in [0, 0.1) is 5.82 Å². The van der Waals surface area contributed by atoms with Crippen LogP contribution in [0.15, 0.2) is 66.9 Å². The van der Waals surface area contributed by atoms with E-state index >= 15 is 0 Å². The number of methoxy groups -OCH3 is 1. The van der Waals surface area contributed by atoms with Gasteiger partial charge in [-0.15, -0.1) is 0 Å². The molecular formula is C30H28FN3O6. The van der Waals surface area contributed by atoms with Crippen LogP contribution < -0.4 is 15.8 Å². The van der Waals surface area contributed by atoms with Crippen LogP contribution >= 0.6 is 0 Å². The maximum absolute atomic E-state index is 13.4. The first kappa shape index (κ1) is 26.9. The SMILES string of the molecule is COc1cc(C(=O)O)ccc1C(N)c1cn(C(=O)Nc2ccc(F)cc2)c2ccc(C(=O)OC3CCCC3)cc12. The van der Waals surface area contributed by atoms with Crippen molar-refractivity contribution < 1.29 is 33.4 Å². The van der Waals surface area contributed by atoms with Gasteiger partial charge in [-0.05, 0) is 85.8 Å². The minimum atomic E-state index is -1.11. The Morgan fingerprint density at radius 2 is 1.70 bits per heavy atom. The van der Waals surface area contributed by atoms with Crippen LogP contribution in [0.25, 0.3) is 10.9 Å². The van der Waals surface area contributed by atoms with Gasteiger partial charge in [0.1, 0.15) is 17.7 Å². The molecule has 0 saturated heterocycles. The van der Waals surface area contributed by atoms with E-state index in [4.69, 9.17) is 15.2 Å². The topological polar surface area (TPSA) is 133 Å². The summed E-state index contributed by atoms with van der Waals surface area (Å²) in [6.45, 7) is 0. The van der Waals surface area contributed by atoms with Crippen LogP contribution in [0.4, 0.5) is 14.9 Å². The number of aromatic carboxylic acids is 1. The quantitative estimate of drug-likeness (QED) is 0.253. The number of aromatic nitrogens is 1. The van der Waals surface area contributed by atoms with Crippen LogP contribution in [0.3, 0.4) is 0 Å². The standard InChI is InChI=1S/C30H28FN3O6/c1-39-26-15-17(28(35)36)6-12-22(26)27(32)24-16-34(30(38)33-20-10-8-19(31)9-11-20)25-13-7-18(14-23(24)25)29(37)40-21-4-2-3-5-21/h6-16,21,27H,2-5,32H2,1H3,(H,33,38)(H,35,36). The molecule has 1 amide bonds. The van der Waals surface area contributed by atoms with Gasteiger partial charge in [0.25, 0.3) is 0 Å². The second kappa shape index (κ2) is 11.2. The van der Waals surface area contributed by atoms with Crippen molar-refractivity contribution in [1.29, 1.82) is 0 Å². The number of benzene rings is 3. The average Bonchev–Trinajstić information content (AvgIpc) is 3.61. The van der Waals surface area contributed by atoms with E-state index in [-0.39, 0.29) is 17.4 Å². The second-order valence-electron chi connectivity index (χ2n) is 9.67. The predicted octanol–water partition coefficient (Wildman–Crippen LogP) is 5.71. The maximum Gasteiger partial charge on any atom is 0.338 e. The molecule has 5 rings (SSSR count). The van der Waals surface area contributed by atoms with Gasteiger partial charge in [-0.2, -0.15) is 0 Å². The third-order valence-electron chi connectivity index (χ3n) is 7.11. The number of esters is 1. The Morgan fingerprint density at radius 3 is 2.38 bits per heavy atom. The first-order valence-electron chi connectivity index (χ1n) is 12.8. The lowest BCUT2D eigenvalue weighted by Gasteiger charge is -2.16. The van der Waals surface area contributed by atoms with Crippen LogP contribution in [-0.4, -0.2) is 40.9 Å². The fourth-order valence-electron chi connectivity index (χ4n) is 5.01. The number of hydrogen-bond acceptors (Lipinski definition) is 6. The number of carbonyl (C=O) groups is 3. The fraction of sp³-hybridized carbons (Fsp3) is 0.233. The number of ether oxygens (including phenoxy) is 2. The van der Waals surface area contributed by atoms with Crippen molar-refractivity contribution in [1.82, 2.24) is 4.57 Å². The molecule has 3 aromatic carbocycles. The predicted molar refractivity (Wildman–Crippen MR) is 146 cm³/mol. The van der Waals surface area contributed by atoms with Crippen molar-refractivity contribution in [2.75, 3.05) is 12.4 Å². The molecule has 0 aliphatic heterocycles. The third-order valence-corrected chi connectivity index (χ3v) is 7.11. The molecule has 1 unspecified atom stereocenters. The summed E-state index contributed by atoms with van der Waals surface area (Å²) in [6, 6.07) is 13.2. The van der Waals surface area contributed by atoms with Gasteiger partial charge in [0.2, 0.25) is 0 Å². The number of carbonyl (C=O) groups excluding carboxylic acids is 2. The molecule has 0 bridgehead atoms. The van der Waals surface area contributed by atoms with Crippen LogP contribution in [0.5, 0.6) is 5.75 Å². The van der Waals surface area contributed by atoms with E-state index in [1.807, 2.05) is 0 Å². The minimum Gasteiger partial charge on any atom is -0.496 e. The average molecular weight is 546 g/mol. The molecule has 206 valence electrons. The summed E-state index contributed by atoms with van der Waals surface area (Å²) in [5.41, 5.74) is 8.90. The Bertz CT molecular complexity index is 1590. The smallest absolute Gasteiger partial charge is 0.338 e. The first-order valence-corrected chi connectivity index (χ1v) is 12.8. The molecule has 4 N–H and O–H groups in total. The van der Waals surface area contributed by atoms with Crippen LogP contribution in [-0.2, 0) is 4.74 Å². The number of nitrogens with one attached hydrogen (secondary N) is 1. The summed E-state index contributed by atoms with van der Waals surface area (Å²) in [5.74, 6) is -1.74. The Hall–Kier alpha value is -4.70. The summed E-state index contributed by atoms with van der Waals surface area (Å²) in [7, 11) is 1.41. The molecule has 1 aliphatic carbocycles. The van der Waals surface area contributed by atoms with Crippen molar-refractivity contribution in [2.24, 2.45) is 5.73 Å². The Balaban J connectivity index is 1.57. The fourth-order valence-corrected chi connectivity index (χ4v) is 5.01. The molecule has 10 heteroatoms. The highest BCUT2D eigenvalue weighted by Crippen LogP contribution is 2.35. The van der Waals surface area contributed by atoms with E-state index < -0.39 is 29.8 Å². The van der Waals surface area contributed by atoms with Crippen molar-refractivity contribution in [3.05, 3.63) is 94.9 Å². The Morgan fingerprint density at radius 1 is 1.00 bits per heavy atom. The molecular weight excluding hydrogens is 517 g/mol. The Labute approximate surface area is 229 Å². The van der Waals surface area contributed by atoms with Gasteiger partial charge >= 0.3 is 18.0 Å². The third kappa shape index (κ3) is 5.39. The lowest BCUT2D eigenvalue weighted by Crippen LogP contribution is -2.19. The zero-order chi connectivity index (χ0) is 28.4. The number of halogens is 1. The highest BCUT2D eigenvalue weighted by atomic mass is 19.1. The molecule has 1 aliphatic rings. The molecule has 1 heterocycles. The molecule has 1 fully saturated rings. The van der Waals surface area contributed by atoms with E-state index in [1.54, 1.807) is 30.5 Å². The van der Waals surface area contributed by atoms with Gasteiger partial charge < -0.3 is 25.6 Å². The van der Waals surface area contributed by atoms with Crippen molar-refractivity contribution in [2.45, 2.75) is 37.8 Å². The molecule has 9 nitrogen and oxygen atoms in total. The van der Waals surface area contributed by atoms with E-state index in [2.05, 4.69) is 5.32 Å². The van der Waals surface area contributed by atoms with Crippen molar-refractivity contribution in [3.8, 4) is 5.75 Å². The monoisotopic (exact) mass is 545 g/mol. The number of nitrogens with zero attached hydrogens (tertiary/aromatic N) is 1. The molecule has 1 saturated carbocycles. The van der Waals surface area contributed by atoms with Gasteiger partial charge in [-0.3, -0.25) is 4.57 Å². The van der Waals surface area contributed by atoms with Gasteiger partial charge in [0.05, 0.1) is 29.8 Å². The molecule has 0 spiro atoms. The molecule has 0 radical (unpaired) electrons. The number of fused-ring (bicyclic) bond motifs is 1. The van der Waals surface area contributed by atoms with Crippen molar-refractivity contribution >= 4 is 34.6 Å².